The molecule has 27 heavy (non-hydrogen) atoms. The van der Waals surface area contributed by atoms with Crippen molar-refractivity contribution in [2.75, 3.05) is 32.7 Å². The Kier molecular flexibility index (Phi) is 6.23. The zero-order chi connectivity index (χ0) is 19.6. The van der Waals surface area contributed by atoms with Crippen molar-refractivity contribution in [1.29, 1.82) is 0 Å². The summed E-state index contributed by atoms with van der Waals surface area (Å²) in [5, 5.41) is 0. The van der Waals surface area contributed by atoms with Crippen molar-refractivity contribution in [3.05, 3.63) is 29.8 Å². The maximum absolute atomic E-state index is 13.1. The minimum absolute atomic E-state index is 0.0945. The van der Waals surface area contributed by atoms with Gasteiger partial charge in [0.2, 0.25) is 10.0 Å². The van der Waals surface area contributed by atoms with Gasteiger partial charge in [0, 0.05) is 31.7 Å². The average Bonchev–Trinajstić information content (AvgIpc) is 2.67. The smallest absolute Gasteiger partial charge is 0.253 e. The fourth-order valence-corrected chi connectivity index (χ4v) is 6.02. The van der Waals surface area contributed by atoms with Crippen molar-refractivity contribution in [3.63, 3.8) is 0 Å². The average molecular weight is 394 g/mol. The van der Waals surface area contributed by atoms with Gasteiger partial charge in [0.05, 0.1) is 4.90 Å². The van der Waals surface area contributed by atoms with E-state index in [2.05, 4.69) is 13.8 Å². The summed E-state index contributed by atoms with van der Waals surface area (Å²) in [5.41, 5.74) is 6.16. The molecule has 0 spiro atoms. The number of hydrogen-bond donors (Lipinski definition) is 1. The topological polar surface area (TPSA) is 83.7 Å². The van der Waals surface area contributed by atoms with E-state index in [-0.39, 0.29) is 10.8 Å². The molecule has 0 radical (unpaired) electrons. The van der Waals surface area contributed by atoms with Crippen LogP contribution in [0.1, 0.15) is 43.5 Å². The first-order valence-corrected chi connectivity index (χ1v) is 11.3. The number of nitrogens with zero attached hydrogens (tertiary/aromatic N) is 2. The lowest BCUT2D eigenvalue weighted by Gasteiger charge is -2.34. The summed E-state index contributed by atoms with van der Waals surface area (Å²) in [6.45, 7) is 7.27. The highest BCUT2D eigenvalue weighted by Crippen LogP contribution is 2.27. The summed E-state index contributed by atoms with van der Waals surface area (Å²) < 4.78 is 27.8. The van der Waals surface area contributed by atoms with Gasteiger partial charge in [-0.2, -0.15) is 4.31 Å². The first-order chi connectivity index (χ1) is 12.8. The van der Waals surface area contributed by atoms with Crippen LogP contribution in [0.2, 0.25) is 0 Å². The molecule has 2 N–H and O–H groups in total. The van der Waals surface area contributed by atoms with Crippen molar-refractivity contribution < 1.29 is 13.2 Å². The van der Waals surface area contributed by atoms with Crippen molar-refractivity contribution in [2.45, 2.75) is 38.0 Å². The van der Waals surface area contributed by atoms with Crippen molar-refractivity contribution in [2.24, 2.45) is 23.5 Å². The van der Waals surface area contributed by atoms with Gasteiger partial charge in [-0.25, -0.2) is 8.42 Å². The number of rotatable bonds is 4. The first kappa shape index (κ1) is 20.3. The Morgan fingerprint density at radius 1 is 1.15 bits per heavy atom. The monoisotopic (exact) mass is 393 g/mol. The second-order valence-electron chi connectivity index (χ2n) is 8.27. The molecule has 7 heteroatoms. The molecule has 0 aliphatic carbocycles. The van der Waals surface area contributed by atoms with Crippen LogP contribution in [0.15, 0.2) is 29.2 Å². The van der Waals surface area contributed by atoms with Crippen molar-refractivity contribution in [3.8, 4) is 0 Å². The van der Waals surface area contributed by atoms with Gasteiger partial charge in [0.15, 0.2) is 0 Å². The molecule has 6 nitrogen and oxygen atoms in total. The zero-order valence-electron chi connectivity index (χ0n) is 16.3. The zero-order valence-corrected chi connectivity index (χ0v) is 17.1. The van der Waals surface area contributed by atoms with Gasteiger partial charge in [-0.3, -0.25) is 4.79 Å². The van der Waals surface area contributed by atoms with E-state index >= 15 is 0 Å². The second-order valence-corrected chi connectivity index (χ2v) is 10.2. The number of benzene rings is 1. The molecule has 2 aliphatic rings. The highest BCUT2D eigenvalue weighted by atomic mass is 32.2. The summed E-state index contributed by atoms with van der Waals surface area (Å²) >= 11 is 0. The standard InChI is InChI=1S/C20H31N3O3S/c1-15-10-16(2)14-23(13-15)27(25,26)19-5-3-4-18(11-19)20(24)22-8-6-17(12-21)7-9-22/h3-5,11,15-17H,6-10,12-14,21H2,1-2H3. The molecule has 2 saturated heterocycles. The maximum atomic E-state index is 13.1. The molecule has 0 saturated carbocycles. The molecule has 2 fully saturated rings. The van der Waals surface area contributed by atoms with E-state index in [0.29, 0.717) is 56.0 Å². The Bertz CT molecular complexity index is 762. The van der Waals surface area contributed by atoms with E-state index in [1.807, 2.05) is 4.90 Å². The van der Waals surface area contributed by atoms with Crippen molar-refractivity contribution >= 4 is 15.9 Å². The Hall–Kier alpha value is -1.44. The Balaban J connectivity index is 1.78. The SMILES string of the molecule is CC1CC(C)CN(S(=O)(=O)c2cccc(C(=O)N3CCC(CN)CC3)c2)C1. The number of amides is 1. The van der Waals surface area contributed by atoms with Gasteiger partial charge in [-0.05, 0) is 61.8 Å². The second kappa shape index (κ2) is 8.29. The van der Waals surface area contributed by atoms with Gasteiger partial charge in [0.25, 0.3) is 5.91 Å². The molecule has 0 aromatic heterocycles. The molecule has 2 heterocycles. The predicted octanol–water partition coefficient (Wildman–Crippen LogP) is 2.16. The summed E-state index contributed by atoms with van der Waals surface area (Å²) in [5.74, 6) is 1.07. The first-order valence-electron chi connectivity index (χ1n) is 9.90. The van der Waals surface area contributed by atoms with Gasteiger partial charge in [0.1, 0.15) is 0 Å². The van der Waals surface area contributed by atoms with Gasteiger partial charge in [-0.1, -0.05) is 19.9 Å². The number of nitrogens with two attached hydrogens (primary N) is 1. The number of carbonyl (C=O) groups is 1. The van der Waals surface area contributed by atoms with Crippen LogP contribution in [0.5, 0.6) is 0 Å². The summed E-state index contributed by atoms with van der Waals surface area (Å²) in [6.07, 6.45) is 2.86. The highest BCUT2D eigenvalue weighted by Gasteiger charge is 2.32. The van der Waals surface area contributed by atoms with E-state index in [9.17, 15) is 13.2 Å². The summed E-state index contributed by atoms with van der Waals surface area (Å²) in [7, 11) is -3.58. The molecule has 1 aromatic carbocycles. The molecule has 150 valence electrons. The van der Waals surface area contributed by atoms with E-state index < -0.39 is 10.0 Å². The predicted molar refractivity (Wildman–Crippen MR) is 106 cm³/mol. The number of likely N-dealkylation sites (tertiary alicyclic amines) is 1. The number of sulfonamides is 1. The molecule has 0 bridgehead atoms. The fourth-order valence-electron chi connectivity index (χ4n) is 4.29. The molecule has 2 aliphatic heterocycles. The van der Waals surface area contributed by atoms with Crippen LogP contribution in [0.4, 0.5) is 0 Å². The van der Waals surface area contributed by atoms with Gasteiger partial charge >= 0.3 is 0 Å². The molecule has 1 amide bonds. The molecule has 3 rings (SSSR count). The lowest BCUT2D eigenvalue weighted by molar-refractivity contribution is 0.0693. The van der Waals surface area contributed by atoms with E-state index in [4.69, 9.17) is 5.73 Å². The summed E-state index contributed by atoms with van der Waals surface area (Å²) in [6, 6.07) is 6.51. The third-order valence-electron chi connectivity index (χ3n) is 5.79. The molecule has 2 unspecified atom stereocenters. The lowest BCUT2D eigenvalue weighted by Crippen LogP contribution is -2.42. The molecule has 1 aromatic rings. The van der Waals surface area contributed by atoms with Crippen LogP contribution < -0.4 is 5.73 Å². The van der Waals surface area contributed by atoms with Crippen LogP contribution in [0, 0.1) is 17.8 Å². The highest BCUT2D eigenvalue weighted by molar-refractivity contribution is 7.89. The minimum atomic E-state index is -3.58. The molecular weight excluding hydrogens is 362 g/mol. The lowest BCUT2D eigenvalue weighted by atomic mass is 9.94. The van der Waals surface area contributed by atoms with E-state index in [1.165, 1.54) is 6.07 Å². The number of piperidine rings is 2. The van der Waals surface area contributed by atoms with Crippen LogP contribution >= 0.6 is 0 Å². The Morgan fingerprint density at radius 3 is 2.37 bits per heavy atom. The number of carbonyl (C=O) groups excluding carboxylic acids is 1. The van der Waals surface area contributed by atoms with Crippen LogP contribution in [-0.4, -0.2) is 56.3 Å². The van der Waals surface area contributed by atoms with Crippen LogP contribution in [0.3, 0.4) is 0 Å². The normalized spacial score (nSPS) is 25.5. The minimum Gasteiger partial charge on any atom is -0.339 e. The molecular formula is C20H31N3O3S. The van der Waals surface area contributed by atoms with Crippen LogP contribution in [0.25, 0.3) is 0 Å². The largest absolute Gasteiger partial charge is 0.339 e. The van der Waals surface area contributed by atoms with Gasteiger partial charge < -0.3 is 10.6 Å². The third kappa shape index (κ3) is 4.52. The quantitative estimate of drug-likeness (QED) is 0.850. The third-order valence-corrected chi connectivity index (χ3v) is 7.62. The Morgan fingerprint density at radius 2 is 1.78 bits per heavy atom. The van der Waals surface area contributed by atoms with E-state index in [0.717, 1.165) is 19.3 Å². The van der Waals surface area contributed by atoms with Crippen LogP contribution in [-0.2, 0) is 10.0 Å². The Labute approximate surface area is 162 Å². The fraction of sp³-hybridized carbons (Fsp3) is 0.650. The van der Waals surface area contributed by atoms with Gasteiger partial charge in [-0.15, -0.1) is 0 Å². The molecule has 2 atom stereocenters. The number of hydrogen-bond acceptors (Lipinski definition) is 4. The summed E-state index contributed by atoms with van der Waals surface area (Å²) in [4.78, 5) is 14.9. The maximum Gasteiger partial charge on any atom is 0.253 e. The van der Waals surface area contributed by atoms with E-state index in [1.54, 1.807) is 22.5 Å². The van der Waals surface area contributed by atoms with Crippen molar-refractivity contribution in [1.82, 2.24) is 9.21 Å².